The number of aliphatic hydroxyl groups excluding tert-OH is 1. The van der Waals surface area contributed by atoms with E-state index < -0.39 is 6.10 Å². The second kappa shape index (κ2) is 8.58. The number of β-amino-alcohol motifs (C(OH)–C–C–N with tert-alkyl or cyclic N) is 1. The highest BCUT2D eigenvalue weighted by atomic mass is 19.1. The zero-order valence-corrected chi connectivity index (χ0v) is 15.6. The summed E-state index contributed by atoms with van der Waals surface area (Å²) >= 11 is 0. The SMILES string of the molecule is CC1CCC(C)N1CCN1CCN(CC(O)c2ccccc2F)CC1. The van der Waals surface area contributed by atoms with Gasteiger partial charge in [0.05, 0.1) is 6.10 Å². The van der Waals surface area contributed by atoms with Gasteiger partial charge in [-0.3, -0.25) is 14.7 Å². The van der Waals surface area contributed by atoms with Crippen molar-refractivity contribution in [3.05, 3.63) is 35.6 Å². The van der Waals surface area contributed by atoms with Crippen LogP contribution in [0.15, 0.2) is 24.3 Å². The summed E-state index contributed by atoms with van der Waals surface area (Å²) in [6, 6.07) is 7.96. The average molecular weight is 349 g/mol. The van der Waals surface area contributed by atoms with Crippen LogP contribution in [0.3, 0.4) is 0 Å². The summed E-state index contributed by atoms with van der Waals surface area (Å²) in [5, 5.41) is 10.3. The van der Waals surface area contributed by atoms with E-state index in [1.807, 2.05) is 0 Å². The van der Waals surface area contributed by atoms with Gasteiger partial charge < -0.3 is 5.11 Å². The normalized spacial score (nSPS) is 27.7. The Balaban J connectivity index is 1.41. The Morgan fingerprint density at radius 2 is 1.60 bits per heavy atom. The van der Waals surface area contributed by atoms with Crippen LogP contribution in [0.4, 0.5) is 4.39 Å². The minimum Gasteiger partial charge on any atom is -0.387 e. The molecule has 3 unspecified atom stereocenters. The van der Waals surface area contributed by atoms with Gasteiger partial charge in [-0.2, -0.15) is 0 Å². The number of rotatable bonds is 6. The van der Waals surface area contributed by atoms with Crippen molar-refractivity contribution >= 4 is 0 Å². The highest BCUT2D eigenvalue weighted by Crippen LogP contribution is 2.23. The van der Waals surface area contributed by atoms with E-state index in [1.54, 1.807) is 18.2 Å². The van der Waals surface area contributed by atoms with Crippen LogP contribution in [-0.4, -0.2) is 77.7 Å². The van der Waals surface area contributed by atoms with Crippen molar-refractivity contribution < 1.29 is 9.50 Å². The molecule has 1 aromatic carbocycles. The highest BCUT2D eigenvalue weighted by molar-refractivity contribution is 5.20. The molecule has 3 rings (SSSR count). The predicted octanol–water partition coefficient (Wildman–Crippen LogP) is 2.35. The van der Waals surface area contributed by atoms with Crippen molar-refractivity contribution in [2.24, 2.45) is 0 Å². The number of halogens is 1. The van der Waals surface area contributed by atoms with E-state index in [9.17, 15) is 9.50 Å². The van der Waals surface area contributed by atoms with Crippen LogP contribution in [0.1, 0.15) is 38.4 Å². The van der Waals surface area contributed by atoms with Crippen LogP contribution >= 0.6 is 0 Å². The van der Waals surface area contributed by atoms with E-state index >= 15 is 0 Å². The lowest BCUT2D eigenvalue weighted by Gasteiger charge is -2.37. The summed E-state index contributed by atoms with van der Waals surface area (Å²) in [7, 11) is 0. The van der Waals surface area contributed by atoms with E-state index in [-0.39, 0.29) is 5.82 Å². The molecule has 2 fully saturated rings. The maximum atomic E-state index is 13.8. The second-order valence-corrected chi connectivity index (χ2v) is 7.69. The number of hydrogen-bond acceptors (Lipinski definition) is 4. The molecule has 0 amide bonds. The molecule has 3 atom stereocenters. The molecule has 1 N–H and O–H groups in total. The predicted molar refractivity (Wildman–Crippen MR) is 99.1 cm³/mol. The van der Waals surface area contributed by atoms with Crippen LogP contribution in [0.25, 0.3) is 0 Å². The van der Waals surface area contributed by atoms with Gasteiger partial charge in [0.2, 0.25) is 0 Å². The number of likely N-dealkylation sites (tertiary alicyclic amines) is 1. The first-order chi connectivity index (χ1) is 12.0. The minimum absolute atomic E-state index is 0.317. The second-order valence-electron chi connectivity index (χ2n) is 7.69. The smallest absolute Gasteiger partial charge is 0.129 e. The molecule has 2 saturated heterocycles. The fraction of sp³-hybridized carbons (Fsp3) is 0.700. The first-order valence-electron chi connectivity index (χ1n) is 9.67. The highest BCUT2D eigenvalue weighted by Gasteiger charge is 2.28. The molecule has 0 saturated carbocycles. The lowest BCUT2D eigenvalue weighted by molar-refractivity contribution is 0.0647. The van der Waals surface area contributed by atoms with Gasteiger partial charge in [0.1, 0.15) is 5.82 Å². The van der Waals surface area contributed by atoms with E-state index in [0.717, 1.165) is 39.3 Å². The number of hydrogen-bond donors (Lipinski definition) is 1. The van der Waals surface area contributed by atoms with Crippen molar-refractivity contribution in [2.75, 3.05) is 45.8 Å². The molecule has 2 heterocycles. The molecule has 2 aliphatic heterocycles. The molecule has 140 valence electrons. The van der Waals surface area contributed by atoms with Gasteiger partial charge in [0.25, 0.3) is 0 Å². The van der Waals surface area contributed by atoms with Gasteiger partial charge in [-0.15, -0.1) is 0 Å². The number of nitrogens with zero attached hydrogens (tertiary/aromatic N) is 3. The topological polar surface area (TPSA) is 30.0 Å². The first-order valence-corrected chi connectivity index (χ1v) is 9.67. The molecule has 0 aromatic heterocycles. The molecule has 4 nitrogen and oxygen atoms in total. The minimum atomic E-state index is -0.751. The van der Waals surface area contributed by atoms with Gasteiger partial charge in [-0.05, 0) is 32.8 Å². The third kappa shape index (κ3) is 4.79. The molecule has 5 heteroatoms. The Kier molecular flexibility index (Phi) is 6.44. The number of aliphatic hydroxyl groups is 1. The lowest BCUT2D eigenvalue weighted by Crippen LogP contribution is -2.50. The van der Waals surface area contributed by atoms with Crippen LogP contribution in [0.2, 0.25) is 0 Å². The Morgan fingerprint density at radius 1 is 1.00 bits per heavy atom. The molecule has 1 aromatic rings. The van der Waals surface area contributed by atoms with Gasteiger partial charge in [-0.1, -0.05) is 18.2 Å². The molecule has 0 aliphatic carbocycles. The van der Waals surface area contributed by atoms with E-state index in [0.29, 0.717) is 24.2 Å². The molecule has 0 spiro atoms. The molecule has 25 heavy (non-hydrogen) atoms. The Hall–Kier alpha value is -1.01. The molecular weight excluding hydrogens is 317 g/mol. The van der Waals surface area contributed by atoms with Crippen molar-refractivity contribution in [3.8, 4) is 0 Å². The van der Waals surface area contributed by atoms with Crippen LogP contribution in [-0.2, 0) is 0 Å². The lowest BCUT2D eigenvalue weighted by atomic mass is 10.1. The summed E-state index contributed by atoms with van der Waals surface area (Å²) in [5.41, 5.74) is 0.405. The number of benzene rings is 1. The third-order valence-corrected chi connectivity index (χ3v) is 5.97. The van der Waals surface area contributed by atoms with Gasteiger partial charge in [-0.25, -0.2) is 4.39 Å². The molecule has 0 bridgehead atoms. The van der Waals surface area contributed by atoms with Gasteiger partial charge >= 0.3 is 0 Å². The monoisotopic (exact) mass is 349 g/mol. The van der Waals surface area contributed by atoms with Crippen LogP contribution in [0, 0.1) is 5.82 Å². The van der Waals surface area contributed by atoms with E-state index in [4.69, 9.17) is 0 Å². The zero-order chi connectivity index (χ0) is 17.8. The first kappa shape index (κ1) is 18.8. The standard InChI is InChI=1S/C20H32FN3O/c1-16-7-8-17(2)24(16)14-13-22-9-11-23(12-10-22)15-20(25)18-5-3-4-6-19(18)21/h3-6,16-17,20,25H,7-15H2,1-2H3. The molecule has 0 radical (unpaired) electrons. The van der Waals surface area contributed by atoms with E-state index in [2.05, 4.69) is 28.5 Å². The van der Waals surface area contributed by atoms with Crippen LogP contribution < -0.4 is 0 Å². The average Bonchev–Trinajstić information content (AvgIpc) is 2.93. The van der Waals surface area contributed by atoms with Crippen molar-refractivity contribution in [1.29, 1.82) is 0 Å². The Bertz CT molecular complexity index is 537. The summed E-state index contributed by atoms with van der Waals surface area (Å²) in [5.74, 6) is -0.317. The summed E-state index contributed by atoms with van der Waals surface area (Å²) < 4.78 is 13.8. The Labute approximate surface area is 151 Å². The largest absolute Gasteiger partial charge is 0.387 e. The van der Waals surface area contributed by atoms with Crippen LogP contribution in [0.5, 0.6) is 0 Å². The summed E-state index contributed by atoms with van der Waals surface area (Å²) in [6.07, 6.45) is 1.89. The summed E-state index contributed by atoms with van der Waals surface area (Å²) in [6.45, 7) is 11.4. The summed E-state index contributed by atoms with van der Waals surface area (Å²) in [4.78, 5) is 7.40. The maximum absolute atomic E-state index is 13.8. The Morgan fingerprint density at radius 3 is 2.24 bits per heavy atom. The molecular formula is C20H32FN3O. The van der Waals surface area contributed by atoms with Crippen molar-refractivity contribution in [2.45, 2.75) is 44.9 Å². The van der Waals surface area contributed by atoms with Gasteiger partial charge in [0, 0.05) is 63.5 Å². The van der Waals surface area contributed by atoms with E-state index in [1.165, 1.54) is 18.9 Å². The fourth-order valence-corrected chi connectivity index (χ4v) is 4.23. The molecule has 2 aliphatic rings. The van der Waals surface area contributed by atoms with Crippen molar-refractivity contribution in [3.63, 3.8) is 0 Å². The fourth-order valence-electron chi connectivity index (χ4n) is 4.23. The number of piperazine rings is 1. The van der Waals surface area contributed by atoms with Crippen molar-refractivity contribution in [1.82, 2.24) is 14.7 Å². The zero-order valence-electron chi connectivity index (χ0n) is 15.6. The maximum Gasteiger partial charge on any atom is 0.129 e. The quantitative estimate of drug-likeness (QED) is 0.854. The third-order valence-electron chi connectivity index (χ3n) is 5.97. The van der Waals surface area contributed by atoms with Gasteiger partial charge in [0.15, 0.2) is 0 Å².